The zero-order chi connectivity index (χ0) is 19.1. The fourth-order valence-corrected chi connectivity index (χ4v) is 3.27. The monoisotopic (exact) mass is 386 g/mol. The lowest BCUT2D eigenvalue weighted by Crippen LogP contribution is -2.03. The third-order valence-electron chi connectivity index (χ3n) is 3.85. The lowest BCUT2D eigenvalue weighted by Gasteiger charge is -2.10. The zero-order valence-corrected chi connectivity index (χ0v) is 16.4. The predicted molar refractivity (Wildman–Crippen MR) is 104 cm³/mol. The normalized spacial score (nSPS) is 10.6. The van der Waals surface area contributed by atoms with Gasteiger partial charge in [-0.3, -0.25) is 0 Å². The van der Waals surface area contributed by atoms with Gasteiger partial charge in [0.2, 0.25) is 5.16 Å². The largest absolute Gasteiger partial charge is 0.497 e. The van der Waals surface area contributed by atoms with Gasteiger partial charge in [0, 0.05) is 5.75 Å². The van der Waals surface area contributed by atoms with Crippen LogP contribution in [0.2, 0.25) is 0 Å². The first-order valence-electron chi connectivity index (χ1n) is 8.54. The van der Waals surface area contributed by atoms with Gasteiger partial charge in [-0.05, 0) is 65.7 Å². The Morgan fingerprint density at radius 2 is 1.78 bits per heavy atom. The number of aryl methyl sites for hydroxylation is 1. The molecular formula is C19H22N4O3S. The number of hydrogen-bond acceptors (Lipinski definition) is 7. The molecule has 27 heavy (non-hydrogen) atoms. The summed E-state index contributed by atoms with van der Waals surface area (Å²) in [6, 6.07) is 13.5. The molecule has 3 rings (SSSR count). The van der Waals surface area contributed by atoms with Crippen LogP contribution in [0.4, 0.5) is 0 Å². The summed E-state index contributed by atoms with van der Waals surface area (Å²) in [6.45, 7) is 2.64. The Morgan fingerprint density at radius 3 is 2.52 bits per heavy atom. The molecule has 0 N–H and O–H groups in total. The summed E-state index contributed by atoms with van der Waals surface area (Å²) in [5, 5.41) is 12.8. The summed E-state index contributed by atoms with van der Waals surface area (Å²) in [7, 11) is 3.29. The first-order chi connectivity index (χ1) is 13.2. The number of hydrogen-bond donors (Lipinski definition) is 0. The number of ether oxygens (including phenoxy) is 3. The minimum atomic E-state index is 0.620. The van der Waals surface area contributed by atoms with Gasteiger partial charge in [0.1, 0.15) is 22.9 Å². The minimum Gasteiger partial charge on any atom is -0.497 e. The summed E-state index contributed by atoms with van der Waals surface area (Å²) in [4.78, 5) is 0. The van der Waals surface area contributed by atoms with Crippen molar-refractivity contribution in [3.05, 3.63) is 48.0 Å². The van der Waals surface area contributed by atoms with Gasteiger partial charge in [0.25, 0.3) is 0 Å². The quantitative estimate of drug-likeness (QED) is 0.411. The second-order valence-corrected chi connectivity index (χ2v) is 6.84. The van der Waals surface area contributed by atoms with Gasteiger partial charge in [0.05, 0.1) is 20.8 Å². The summed E-state index contributed by atoms with van der Waals surface area (Å²) in [6.07, 6.45) is 0.870. The first-order valence-corrected chi connectivity index (χ1v) is 9.53. The molecule has 0 saturated carbocycles. The highest BCUT2D eigenvalue weighted by Gasteiger charge is 2.13. The molecule has 3 aromatic rings. The number of nitrogens with zero attached hydrogens (tertiary/aromatic N) is 4. The maximum atomic E-state index is 5.74. The minimum absolute atomic E-state index is 0.620. The number of benzene rings is 2. The molecule has 0 atom stereocenters. The Morgan fingerprint density at radius 1 is 1.00 bits per heavy atom. The van der Waals surface area contributed by atoms with Gasteiger partial charge in [0.15, 0.2) is 0 Å². The fraction of sp³-hybridized carbons (Fsp3) is 0.316. The van der Waals surface area contributed by atoms with Crippen molar-refractivity contribution in [1.29, 1.82) is 0 Å². The van der Waals surface area contributed by atoms with Crippen LogP contribution in [0.15, 0.2) is 47.6 Å². The third kappa shape index (κ3) is 4.91. The van der Waals surface area contributed by atoms with E-state index in [0.29, 0.717) is 6.61 Å². The van der Waals surface area contributed by atoms with Crippen LogP contribution >= 0.6 is 11.8 Å². The van der Waals surface area contributed by atoms with E-state index in [1.807, 2.05) is 49.4 Å². The summed E-state index contributed by atoms with van der Waals surface area (Å²) >= 11 is 1.59. The summed E-state index contributed by atoms with van der Waals surface area (Å²) in [5.41, 5.74) is 1.95. The molecule has 0 fully saturated rings. The number of tetrazole rings is 1. The average molecular weight is 386 g/mol. The van der Waals surface area contributed by atoms with Gasteiger partial charge in [-0.15, -0.1) is 5.10 Å². The Bertz CT molecular complexity index is 868. The van der Waals surface area contributed by atoms with E-state index in [1.165, 1.54) is 0 Å². The van der Waals surface area contributed by atoms with Crippen molar-refractivity contribution < 1.29 is 14.2 Å². The van der Waals surface area contributed by atoms with Gasteiger partial charge in [-0.2, -0.15) is 4.68 Å². The molecule has 0 aliphatic heterocycles. The molecule has 0 aliphatic carbocycles. The van der Waals surface area contributed by atoms with E-state index >= 15 is 0 Å². The molecule has 0 saturated heterocycles. The topological polar surface area (TPSA) is 71.3 Å². The maximum Gasteiger partial charge on any atom is 0.214 e. The van der Waals surface area contributed by atoms with E-state index in [2.05, 4.69) is 15.5 Å². The van der Waals surface area contributed by atoms with Gasteiger partial charge >= 0.3 is 0 Å². The molecular weight excluding hydrogens is 364 g/mol. The highest BCUT2D eigenvalue weighted by molar-refractivity contribution is 7.99. The van der Waals surface area contributed by atoms with Crippen LogP contribution < -0.4 is 14.2 Å². The number of thioether (sulfide) groups is 1. The molecule has 0 bridgehead atoms. The number of rotatable bonds is 9. The molecule has 8 heteroatoms. The molecule has 0 unspecified atom stereocenters. The Balaban J connectivity index is 1.54. The molecule has 0 radical (unpaired) electrons. The molecule has 0 spiro atoms. The molecule has 0 aliphatic rings. The lowest BCUT2D eigenvalue weighted by molar-refractivity contribution is 0.318. The molecule has 0 amide bonds. The average Bonchev–Trinajstić information content (AvgIpc) is 3.16. The van der Waals surface area contributed by atoms with E-state index in [4.69, 9.17) is 14.2 Å². The van der Waals surface area contributed by atoms with Crippen molar-refractivity contribution in [3.8, 4) is 22.9 Å². The van der Waals surface area contributed by atoms with E-state index < -0.39 is 0 Å². The van der Waals surface area contributed by atoms with Gasteiger partial charge < -0.3 is 14.2 Å². The SMILES string of the molecule is COc1ccc(OCCCSc2nnnn2-c2cc(C)ccc2OC)cc1. The van der Waals surface area contributed by atoms with Gasteiger partial charge in [-0.1, -0.05) is 17.8 Å². The van der Waals surface area contributed by atoms with E-state index in [0.717, 1.165) is 45.8 Å². The number of aromatic nitrogens is 4. The van der Waals surface area contributed by atoms with E-state index in [-0.39, 0.29) is 0 Å². The van der Waals surface area contributed by atoms with Crippen molar-refractivity contribution in [1.82, 2.24) is 20.2 Å². The van der Waals surface area contributed by atoms with Crippen molar-refractivity contribution >= 4 is 11.8 Å². The van der Waals surface area contributed by atoms with Crippen LogP contribution in [0.3, 0.4) is 0 Å². The molecule has 142 valence electrons. The highest BCUT2D eigenvalue weighted by Crippen LogP contribution is 2.27. The second-order valence-electron chi connectivity index (χ2n) is 5.77. The Hall–Kier alpha value is -2.74. The van der Waals surface area contributed by atoms with Crippen LogP contribution in [0.5, 0.6) is 17.2 Å². The van der Waals surface area contributed by atoms with Crippen LogP contribution in [0.25, 0.3) is 5.69 Å². The predicted octanol–water partition coefficient (Wildman–Crippen LogP) is 3.55. The molecule has 1 aromatic heterocycles. The third-order valence-corrected chi connectivity index (χ3v) is 4.86. The highest BCUT2D eigenvalue weighted by atomic mass is 32.2. The first kappa shape index (κ1) is 19.0. The van der Waals surface area contributed by atoms with Crippen molar-refractivity contribution in [3.63, 3.8) is 0 Å². The van der Waals surface area contributed by atoms with Crippen LogP contribution in [0.1, 0.15) is 12.0 Å². The van der Waals surface area contributed by atoms with Crippen molar-refractivity contribution in [2.75, 3.05) is 26.6 Å². The fourth-order valence-electron chi connectivity index (χ4n) is 2.47. The van der Waals surface area contributed by atoms with Crippen LogP contribution in [0, 0.1) is 6.92 Å². The summed E-state index contributed by atoms with van der Waals surface area (Å²) < 4.78 is 18.0. The second kappa shape index (κ2) is 9.27. The van der Waals surface area contributed by atoms with Crippen LogP contribution in [-0.2, 0) is 0 Å². The zero-order valence-electron chi connectivity index (χ0n) is 15.6. The van der Waals surface area contributed by atoms with Crippen LogP contribution in [-0.4, -0.2) is 46.8 Å². The van der Waals surface area contributed by atoms with E-state index in [1.54, 1.807) is 30.7 Å². The smallest absolute Gasteiger partial charge is 0.214 e. The Labute approximate surface area is 162 Å². The lowest BCUT2D eigenvalue weighted by atomic mass is 10.2. The summed E-state index contributed by atoms with van der Waals surface area (Å²) in [5.74, 6) is 3.22. The molecule has 2 aromatic carbocycles. The maximum absolute atomic E-state index is 5.74. The molecule has 1 heterocycles. The standard InChI is InChI=1S/C19H22N4O3S/c1-14-5-10-18(25-3)17(13-14)23-19(20-21-22-23)27-12-4-11-26-16-8-6-15(24-2)7-9-16/h5-10,13H,4,11-12H2,1-3H3. The number of methoxy groups -OCH3 is 2. The molecule has 7 nitrogen and oxygen atoms in total. The van der Waals surface area contributed by atoms with Crippen molar-refractivity contribution in [2.24, 2.45) is 0 Å². The van der Waals surface area contributed by atoms with Gasteiger partial charge in [-0.25, -0.2) is 0 Å². The Kier molecular flexibility index (Phi) is 6.54. The van der Waals surface area contributed by atoms with E-state index in [9.17, 15) is 0 Å². The van der Waals surface area contributed by atoms with Crippen molar-refractivity contribution in [2.45, 2.75) is 18.5 Å².